The first kappa shape index (κ1) is 12.9. The van der Waals surface area contributed by atoms with Crippen molar-refractivity contribution in [3.05, 3.63) is 29.6 Å². The van der Waals surface area contributed by atoms with Gasteiger partial charge >= 0.3 is 0 Å². The summed E-state index contributed by atoms with van der Waals surface area (Å²) in [6, 6.07) is 4.76. The highest BCUT2D eigenvalue weighted by atomic mass is 19.1. The zero-order valence-electron chi connectivity index (χ0n) is 10.2. The molecule has 0 amide bonds. The molecule has 0 saturated heterocycles. The summed E-state index contributed by atoms with van der Waals surface area (Å²) in [5, 5.41) is 0. The highest BCUT2D eigenvalue weighted by Crippen LogP contribution is 2.32. The lowest BCUT2D eigenvalue weighted by atomic mass is 9.84. The minimum absolute atomic E-state index is 0.239. The lowest BCUT2D eigenvalue weighted by Crippen LogP contribution is -2.28. The van der Waals surface area contributed by atoms with Gasteiger partial charge < -0.3 is 9.74 Å². The second kappa shape index (κ2) is 4.80. The fraction of sp³-hybridized carbons (Fsp3) is 0.500. The predicted molar refractivity (Wildman–Crippen MR) is 63.9 cm³/mol. The Labute approximate surface area is 96.0 Å². The first-order valence-electron chi connectivity index (χ1n) is 5.17. The van der Waals surface area contributed by atoms with Crippen LogP contribution in [-0.2, 0) is 10.3 Å². The van der Waals surface area contributed by atoms with Crippen LogP contribution in [-0.4, -0.2) is 20.7 Å². The van der Waals surface area contributed by atoms with Gasteiger partial charge in [-0.05, 0) is 17.7 Å². The van der Waals surface area contributed by atoms with E-state index in [1.54, 1.807) is 6.07 Å². The zero-order chi connectivity index (χ0) is 12.3. The quantitative estimate of drug-likeness (QED) is 0.799. The van der Waals surface area contributed by atoms with E-state index in [4.69, 9.17) is 10.7 Å². The Morgan fingerprint density at radius 2 is 2.00 bits per heavy atom. The van der Waals surface area contributed by atoms with E-state index in [1.165, 1.54) is 12.1 Å². The van der Waals surface area contributed by atoms with Gasteiger partial charge in [0.25, 0.3) is 0 Å². The number of hydrogen-bond acceptors (Lipinski definition) is 3. The van der Waals surface area contributed by atoms with Crippen molar-refractivity contribution in [2.45, 2.75) is 19.3 Å². The highest BCUT2D eigenvalue weighted by molar-refractivity contribution is 5.55. The maximum absolute atomic E-state index is 13.2. The van der Waals surface area contributed by atoms with Crippen LogP contribution in [0.5, 0.6) is 0 Å². The van der Waals surface area contributed by atoms with E-state index in [2.05, 4.69) is 0 Å². The average Bonchev–Trinajstić information content (AvgIpc) is 2.16. The third kappa shape index (κ3) is 2.71. The van der Waals surface area contributed by atoms with E-state index in [-0.39, 0.29) is 11.2 Å². The monoisotopic (exact) mass is 226 g/mol. The third-order valence-electron chi connectivity index (χ3n) is 2.61. The summed E-state index contributed by atoms with van der Waals surface area (Å²) in [7, 11) is 3.77. The lowest BCUT2D eigenvalue weighted by molar-refractivity contribution is 0.0965. The molecule has 0 aliphatic carbocycles. The van der Waals surface area contributed by atoms with Crippen LogP contribution in [0.2, 0.25) is 0 Å². The Morgan fingerprint density at radius 3 is 2.50 bits per heavy atom. The first-order chi connectivity index (χ1) is 7.38. The second-order valence-electron chi connectivity index (χ2n) is 4.75. The minimum atomic E-state index is -0.248. The Hall–Kier alpha value is -1.13. The number of halogens is 1. The predicted octanol–water partition coefficient (Wildman–Crippen LogP) is 2.06. The van der Waals surface area contributed by atoms with Gasteiger partial charge in [-0.2, -0.15) is 0 Å². The summed E-state index contributed by atoms with van der Waals surface area (Å²) in [5.74, 6) is 4.88. The largest absolute Gasteiger partial charge is 0.377 e. The molecule has 1 aromatic rings. The molecule has 0 bridgehead atoms. The molecule has 90 valence electrons. The molecule has 1 aromatic carbocycles. The summed E-state index contributed by atoms with van der Waals surface area (Å²) in [4.78, 5) is 6.60. The summed E-state index contributed by atoms with van der Waals surface area (Å²) in [5.41, 5.74) is 1.62. The van der Waals surface area contributed by atoms with Gasteiger partial charge in [0.2, 0.25) is 0 Å². The SMILES string of the molecule is CN(C)c1cc(F)ccc1C(C)(C)CON. The normalized spacial score (nSPS) is 11.6. The van der Waals surface area contributed by atoms with Crippen LogP contribution in [0.1, 0.15) is 19.4 Å². The van der Waals surface area contributed by atoms with E-state index in [0.717, 1.165) is 11.3 Å². The first-order valence-corrected chi connectivity index (χ1v) is 5.17. The van der Waals surface area contributed by atoms with E-state index in [9.17, 15) is 4.39 Å². The number of nitrogens with two attached hydrogens (primary N) is 1. The second-order valence-corrected chi connectivity index (χ2v) is 4.75. The van der Waals surface area contributed by atoms with Crippen LogP contribution < -0.4 is 10.8 Å². The van der Waals surface area contributed by atoms with Gasteiger partial charge in [0.15, 0.2) is 0 Å². The van der Waals surface area contributed by atoms with Crippen molar-refractivity contribution in [1.29, 1.82) is 0 Å². The van der Waals surface area contributed by atoms with Gasteiger partial charge in [0.05, 0.1) is 6.61 Å². The molecule has 0 heterocycles. The van der Waals surface area contributed by atoms with Crippen molar-refractivity contribution in [2.75, 3.05) is 25.6 Å². The molecule has 16 heavy (non-hydrogen) atoms. The molecular formula is C12H19FN2O. The van der Waals surface area contributed by atoms with Crippen LogP contribution in [0.3, 0.4) is 0 Å². The van der Waals surface area contributed by atoms with Gasteiger partial charge in [-0.25, -0.2) is 10.3 Å². The molecular weight excluding hydrogens is 207 g/mol. The van der Waals surface area contributed by atoms with Crippen molar-refractivity contribution >= 4 is 5.69 Å². The maximum Gasteiger partial charge on any atom is 0.125 e. The van der Waals surface area contributed by atoms with Crippen molar-refractivity contribution in [1.82, 2.24) is 0 Å². The molecule has 0 aliphatic heterocycles. The van der Waals surface area contributed by atoms with Crippen LogP contribution in [0.15, 0.2) is 18.2 Å². The van der Waals surface area contributed by atoms with E-state index in [0.29, 0.717) is 6.61 Å². The Balaban J connectivity index is 3.22. The van der Waals surface area contributed by atoms with Gasteiger partial charge in [-0.1, -0.05) is 19.9 Å². The summed E-state index contributed by atoms with van der Waals surface area (Å²) >= 11 is 0. The molecule has 0 atom stereocenters. The molecule has 4 heteroatoms. The number of benzene rings is 1. The molecule has 0 fully saturated rings. The minimum Gasteiger partial charge on any atom is -0.377 e. The molecule has 0 saturated carbocycles. The van der Waals surface area contributed by atoms with Gasteiger partial charge in [-0.3, -0.25) is 0 Å². The van der Waals surface area contributed by atoms with Crippen LogP contribution >= 0.6 is 0 Å². The van der Waals surface area contributed by atoms with Gasteiger partial charge in [0, 0.05) is 25.2 Å². The molecule has 0 radical (unpaired) electrons. The lowest BCUT2D eigenvalue weighted by Gasteiger charge is -2.29. The smallest absolute Gasteiger partial charge is 0.125 e. The van der Waals surface area contributed by atoms with Gasteiger partial charge in [-0.15, -0.1) is 0 Å². The summed E-state index contributed by atoms with van der Waals surface area (Å²) in [6.07, 6.45) is 0. The van der Waals surface area contributed by atoms with Crippen LogP contribution in [0, 0.1) is 5.82 Å². The summed E-state index contributed by atoms with van der Waals surface area (Å²) < 4.78 is 13.2. The van der Waals surface area contributed by atoms with Crippen molar-refractivity contribution in [3.63, 3.8) is 0 Å². The van der Waals surface area contributed by atoms with Crippen molar-refractivity contribution in [2.24, 2.45) is 5.90 Å². The summed E-state index contributed by atoms with van der Waals surface area (Å²) in [6.45, 7) is 4.42. The zero-order valence-corrected chi connectivity index (χ0v) is 10.2. The van der Waals surface area contributed by atoms with Crippen LogP contribution in [0.4, 0.5) is 10.1 Å². The van der Waals surface area contributed by atoms with Crippen molar-refractivity contribution in [3.8, 4) is 0 Å². The third-order valence-corrected chi connectivity index (χ3v) is 2.61. The number of rotatable bonds is 4. The van der Waals surface area contributed by atoms with Gasteiger partial charge in [0.1, 0.15) is 5.82 Å². The number of hydrogen-bond donors (Lipinski definition) is 1. The number of anilines is 1. The average molecular weight is 226 g/mol. The molecule has 1 rings (SSSR count). The van der Waals surface area contributed by atoms with Crippen molar-refractivity contribution < 1.29 is 9.23 Å². The molecule has 0 spiro atoms. The standard InChI is InChI=1S/C12H19FN2O/c1-12(2,8-16-14)10-6-5-9(13)7-11(10)15(3)4/h5-7H,8,14H2,1-4H3. The molecule has 0 aromatic heterocycles. The molecule has 0 aliphatic rings. The maximum atomic E-state index is 13.2. The van der Waals surface area contributed by atoms with Crippen LogP contribution in [0.25, 0.3) is 0 Å². The highest BCUT2D eigenvalue weighted by Gasteiger charge is 2.25. The molecule has 0 unspecified atom stereocenters. The molecule has 3 nitrogen and oxygen atoms in total. The molecule has 2 N–H and O–H groups in total. The Kier molecular flexibility index (Phi) is 3.88. The number of nitrogens with zero attached hydrogens (tertiary/aromatic N) is 1. The fourth-order valence-electron chi connectivity index (χ4n) is 1.73. The Bertz CT molecular complexity index is 364. The van der Waals surface area contributed by atoms with E-state index in [1.807, 2.05) is 32.8 Å². The topological polar surface area (TPSA) is 38.5 Å². The fourth-order valence-corrected chi connectivity index (χ4v) is 1.73. The Morgan fingerprint density at radius 1 is 1.38 bits per heavy atom. The van der Waals surface area contributed by atoms with E-state index >= 15 is 0 Å². The van der Waals surface area contributed by atoms with E-state index < -0.39 is 0 Å².